The molecule has 3 aromatic rings. The number of anilines is 1. The van der Waals surface area contributed by atoms with Gasteiger partial charge in [0.1, 0.15) is 0 Å². The van der Waals surface area contributed by atoms with E-state index in [9.17, 15) is 8.76 Å². The van der Waals surface area contributed by atoms with Gasteiger partial charge in [-0.25, -0.2) is 0 Å². The molecule has 0 spiro atoms. The lowest BCUT2D eigenvalue weighted by Gasteiger charge is -2.42. The summed E-state index contributed by atoms with van der Waals surface area (Å²) in [5, 5.41) is 1.37. The molecule has 0 amide bonds. The van der Waals surface area contributed by atoms with Crippen LogP contribution in [0.3, 0.4) is 0 Å². The van der Waals surface area contributed by atoms with Crippen LogP contribution >= 0.6 is 23.2 Å². The molecule has 1 atom stereocenters. The molecule has 2 aliphatic heterocycles. The fourth-order valence-electron chi connectivity index (χ4n) is 4.59. The number of nitrogens with zero attached hydrogens (tertiary/aromatic N) is 2. The maximum atomic E-state index is 12.1. The fourth-order valence-corrected chi connectivity index (χ4v) is 5.49. The van der Waals surface area contributed by atoms with Gasteiger partial charge in [0.2, 0.25) is 0 Å². The first-order valence-corrected chi connectivity index (χ1v) is 13.2. The second kappa shape index (κ2) is 10.2. The third kappa shape index (κ3) is 5.09. The zero-order valence-corrected chi connectivity index (χ0v) is 21.0. The normalized spacial score (nSPS) is 16.8. The average Bonchev–Trinajstić information content (AvgIpc) is 2.76. The summed E-state index contributed by atoms with van der Waals surface area (Å²) in [6.07, 6.45) is 1.66. The van der Waals surface area contributed by atoms with Crippen LogP contribution in [0.4, 0.5) is 5.69 Å². The van der Waals surface area contributed by atoms with Crippen LogP contribution in [0.25, 0.3) is 0 Å². The Morgan fingerprint density at radius 1 is 0.853 bits per heavy atom. The average molecular weight is 512 g/mol. The minimum Gasteiger partial charge on any atom is -0.769 e. The standard InChI is InChI=1S/C27H26Cl2N2O2S/c28-23-8-4-20(5-9-23)27(21-6-10-24(29)11-7-21)31-17-22(18-31)26(34(32)33)16-19-2-12-25(13-3-19)30-14-1-15-30/h2-13,27H,1,14-18H2,(H,32,33)/p-1. The lowest BCUT2D eigenvalue weighted by Crippen LogP contribution is -2.44. The number of benzene rings is 3. The van der Waals surface area contributed by atoms with E-state index in [0.29, 0.717) is 34.5 Å². The Morgan fingerprint density at radius 3 is 1.82 bits per heavy atom. The predicted molar refractivity (Wildman–Crippen MR) is 139 cm³/mol. The van der Waals surface area contributed by atoms with Crippen LogP contribution < -0.4 is 4.90 Å². The van der Waals surface area contributed by atoms with Crippen molar-refractivity contribution >= 4 is 40.0 Å². The smallest absolute Gasteiger partial charge is 0.0607 e. The molecule has 0 saturated carbocycles. The maximum Gasteiger partial charge on any atom is 0.0607 e. The van der Waals surface area contributed by atoms with Gasteiger partial charge >= 0.3 is 0 Å². The summed E-state index contributed by atoms with van der Waals surface area (Å²) in [7, 11) is 0. The van der Waals surface area contributed by atoms with Crippen molar-refractivity contribution in [2.24, 2.45) is 0 Å². The molecule has 0 N–H and O–H groups in total. The highest BCUT2D eigenvalue weighted by Crippen LogP contribution is 2.37. The van der Waals surface area contributed by atoms with Crippen molar-refractivity contribution in [3.63, 3.8) is 0 Å². The minimum absolute atomic E-state index is 0.00423. The van der Waals surface area contributed by atoms with E-state index in [1.165, 1.54) is 12.1 Å². The van der Waals surface area contributed by atoms with Crippen molar-refractivity contribution in [3.8, 4) is 0 Å². The molecule has 2 saturated heterocycles. The molecule has 2 fully saturated rings. The molecule has 3 aromatic carbocycles. The highest BCUT2D eigenvalue weighted by molar-refractivity contribution is 7.83. The zero-order valence-electron chi connectivity index (χ0n) is 18.6. The number of hydrogen-bond donors (Lipinski definition) is 0. The molecule has 0 aliphatic carbocycles. The van der Waals surface area contributed by atoms with Gasteiger partial charge in [-0.2, -0.15) is 0 Å². The van der Waals surface area contributed by atoms with E-state index < -0.39 is 11.1 Å². The molecular formula is C27H25Cl2N2O2S-. The predicted octanol–water partition coefficient (Wildman–Crippen LogP) is 5.98. The third-order valence-corrected chi connectivity index (χ3v) is 7.98. The first kappa shape index (κ1) is 23.6. The summed E-state index contributed by atoms with van der Waals surface area (Å²) < 4.78 is 24.3. The first-order valence-electron chi connectivity index (χ1n) is 11.4. The SMILES string of the molecule is O=S([O-])C(Cc1ccc(N2CCC2)cc1)=C1CN(C(c2ccc(Cl)cc2)c2ccc(Cl)cc2)C1. The van der Waals surface area contributed by atoms with E-state index in [1.54, 1.807) is 0 Å². The lowest BCUT2D eigenvalue weighted by molar-refractivity contribution is 0.200. The number of hydrogen-bond acceptors (Lipinski definition) is 4. The molecule has 2 aliphatic rings. The highest BCUT2D eigenvalue weighted by Gasteiger charge is 2.32. The van der Waals surface area contributed by atoms with Crippen LogP contribution in [0.1, 0.15) is 29.2 Å². The first-order chi connectivity index (χ1) is 16.5. The molecule has 0 bridgehead atoms. The van der Waals surface area contributed by atoms with Gasteiger partial charge in [0.25, 0.3) is 0 Å². The summed E-state index contributed by atoms with van der Waals surface area (Å²) in [5.74, 6) is 0. The zero-order chi connectivity index (χ0) is 23.7. The second-order valence-corrected chi connectivity index (χ2v) is 10.7. The molecule has 5 rings (SSSR count). The van der Waals surface area contributed by atoms with Crippen molar-refractivity contribution in [2.45, 2.75) is 18.9 Å². The van der Waals surface area contributed by atoms with Gasteiger partial charge < -0.3 is 9.45 Å². The molecule has 34 heavy (non-hydrogen) atoms. The Bertz CT molecular complexity index is 1150. The van der Waals surface area contributed by atoms with Crippen LogP contribution in [0.15, 0.2) is 83.3 Å². The molecule has 2 heterocycles. The Hall–Kier alpha value is -2.15. The van der Waals surface area contributed by atoms with Gasteiger partial charge in [-0.3, -0.25) is 9.11 Å². The van der Waals surface area contributed by atoms with Crippen molar-refractivity contribution in [2.75, 3.05) is 31.1 Å². The van der Waals surface area contributed by atoms with Gasteiger partial charge in [-0.15, -0.1) is 0 Å². The van der Waals surface area contributed by atoms with E-state index >= 15 is 0 Å². The Labute approximate surface area is 213 Å². The maximum absolute atomic E-state index is 12.1. The summed E-state index contributed by atoms with van der Waals surface area (Å²) in [6, 6.07) is 23.9. The Kier molecular flexibility index (Phi) is 7.09. The molecule has 7 heteroatoms. The van der Waals surface area contributed by atoms with E-state index in [0.717, 1.165) is 35.4 Å². The number of allylic oxidation sites excluding steroid dienone is 1. The molecule has 4 nitrogen and oxygen atoms in total. The van der Waals surface area contributed by atoms with Crippen LogP contribution in [0, 0.1) is 0 Å². The Morgan fingerprint density at radius 2 is 1.38 bits per heavy atom. The summed E-state index contributed by atoms with van der Waals surface area (Å²) in [4.78, 5) is 5.10. The van der Waals surface area contributed by atoms with Crippen molar-refractivity contribution in [1.29, 1.82) is 0 Å². The lowest BCUT2D eigenvalue weighted by atomic mass is 9.92. The highest BCUT2D eigenvalue weighted by atomic mass is 35.5. The second-order valence-electron chi connectivity index (χ2n) is 8.86. The third-order valence-electron chi connectivity index (χ3n) is 6.64. The fraction of sp³-hybridized carbons (Fsp3) is 0.259. The van der Waals surface area contributed by atoms with Gasteiger partial charge in [-0.1, -0.05) is 59.6 Å². The van der Waals surface area contributed by atoms with Crippen LogP contribution in [-0.2, 0) is 17.5 Å². The van der Waals surface area contributed by atoms with Crippen LogP contribution in [0.5, 0.6) is 0 Å². The van der Waals surface area contributed by atoms with Gasteiger partial charge in [0.05, 0.1) is 6.04 Å². The van der Waals surface area contributed by atoms with Crippen molar-refractivity contribution in [1.82, 2.24) is 4.90 Å². The molecule has 0 radical (unpaired) electrons. The minimum atomic E-state index is -2.25. The summed E-state index contributed by atoms with van der Waals surface area (Å²) >= 11 is 9.98. The number of likely N-dealkylation sites (tertiary alicyclic amines) is 1. The molecule has 1 unspecified atom stereocenters. The summed E-state index contributed by atoms with van der Waals surface area (Å²) in [5.41, 5.74) is 5.40. The molecule has 176 valence electrons. The van der Waals surface area contributed by atoms with E-state index in [2.05, 4.69) is 21.9 Å². The quantitative estimate of drug-likeness (QED) is 0.365. The number of rotatable bonds is 7. The van der Waals surface area contributed by atoms with Crippen LogP contribution in [0.2, 0.25) is 10.0 Å². The van der Waals surface area contributed by atoms with Crippen LogP contribution in [-0.4, -0.2) is 39.8 Å². The van der Waals surface area contributed by atoms with E-state index in [4.69, 9.17) is 23.2 Å². The Balaban J connectivity index is 1.36. The molecular weight excluding hydrogens is 487 g/mol. The van der Waals surface area contributed by atoms with Crippen molar-refractivity contribution < 1.29 is 8.76 Å². The van der Waals surface area contributed by atoms with E-state index in [1.807, 2.05) is 60.7 Å². The van der Waals surface area contributed by atoms with Gasteiger partial charge in [-0.05, 0) is 76.2 Å². The van der Waals surface area contributed by atoms with Crippen molar-refractivity contribution in [3.05, 3.63) is 110 Å². The topological polar surface area (TPSA) is 46.6 Å². The van der Waals surface area contributed by atoms with E-state index in [-0.39, 0.29) is 6.04 Å². The van der Waals surface area contributed by atoms with Gasteiger partial charge in [0, 0.05) is 53.2 Å². The van der Waals surface area contributed by atoms with Gasteiger partial charge in [0.15, 0.2) is 0 Å². The largest absolute Gasteiger partial charge is 0.769 e. The molecule has 0 aromatic heterocycles. The monoisotopic (exact) mass is 511 g/mol. The number of halogens is 2. The summed E-state index contributed by atoms with van der Waals surface area (Å²) in [6.45, 7) is 3.39.